The number of hydrogen-bond acceptors (Lipinski definition) is 1. The van der Waals surface area contributed by atoms with Crippen molar-refractivity contribution in [2.45, 2.75) is 13.3 Å². The molecule has 0 aliphatic rings. The van der Waals surface area contributed by atoms with E-state index in [1.54, 1.807) is 0 Å². The Hall–Kier alpha value is -1.06. The molecule has 0 spiro atoms. The molecule has 0 amide bonds. The molecule has 0 atom stereocenters. The molecule has 0 saturated heterocycles. The Morgan fingerprint density at radius 2 is 2.13 bits per heavy atom. The summed E-state index contributed by atoms with van der Waals surface area (Å²) in [6.45, 7) is 2.08. The van der Waals surface area contributed by atoms with Crippen molar-refractivity contribution in [3.8, 4) is 5.69 Å². The van der Waals surface area contributed by atoms with Crippen LogP contribution in [0.25, 0.3) is 5.69 Å². The molecule has 0 saturated carbocycles. The Morgan fingerprint density at radius 1 is 1.40 bits per heavy atom. The van der Waals surface area contributed by atoms with Crippen molar-refractivity contribution in [2.24, 2.45) is 0 Å². The Morgan fingerprint density at radius 3 is 2.73 bits per heavy atom. The molecule has 0 fully saturated rings. The number of aryl methyl sites for hydroxylation is 1. The average molecular weight is 239 g/mol. The lowest BCUT2D eigenvalue weighted by Crippen LogP contribution is -1.97. The maximum Gasteiger partial charge on any atom is 0.128 e. The summed E-state index contributed by atoms with van der Waals surface area (Å²) in [5, 5.41) is 3.91. The van der Waals surface area contributed by atoms with E-state index in [4.69, 9.17) is 23.8 Å². The van der Waals surface area contributed by atoms with E-state index in [1.807, 2.05) is 35.0 Å². The fourth-order valence-corrected chi connectivity index (χ4v) is 1.94. The molecule has 0 bridgehead atoms. The molecule has 0 radical (unpaired) electrons. The highest BCUT2D eigenvalue weighted by Crippen LogP contribution is 2.19. The van der Waals surface area contributed by atoms with Gasteiger partial charge in [0, 0.05) is 5.69 Å². The third-order valence-corrected chi connectivity index (χ3v) is 2.87. The zero-order valence-corrected chi connectivity index (χ0v) is 9.90. The number of halogens is 1. The lowest BCUT2D eigenvalue weighted by molar-refractivity contribution is 0.833. The molecule has 15 heavy (non-hydrogen) atoms. The van der Waals surface area contributed by atoms with Crippen LogP contribution in [0.3, 0.4) is 0 Å². The van der Waals surface area contributed by atoms with Gasteiger partial charge >= 0.3 is 0 Å². The maximum atomic E-state index is 6.10. The Balaban J connectivity index is 2.59. The Bertz CT molecular complexity index is 527. The third-order valence-electron chi connectivity index (χ3n) is 2.25. The van der Waals surface area contributed by atoms with Crippen LogP contribution in [0.15, 0.2) is 30.3 Å². The molecule has 0 aliphatic heterocycles. The summed E-state index contributed by atoms with van der Waals surface area (Å²) in [7, 11) is 0. The average Bonchev–Trinajstić information content (AvgIpc) is 2.60. The van der Waals surface area contributed by atoms with E-state index in [1.165, 1.54) is 0 Å². The number of para-hydroxylation sites is 1. The summed E-state index contributed by atoms with van der Waals surface area (Å²) in [5.41, 5.74) is 2.00. The van der Waals surface area contributed by atoms with E-state index in [0.29, 0.717) is 5.02 Å². The number of H-pyrrole nitrogens is 1. The Kier molecular flexibility index (Phi) is 2.93. The van der Waals surface area contributed by atoms with Gasteiger partial charge in [-0.05, 0) is 24.6 Å². The van der Waals surface area contributed by atoms with Gasteiger partial charge < -0.3 is 0 Å². The second-order valence-electron chi connectivity index (χ2n) is 3.26. The van der Waals surface area contributed by atoms with Crippen molar-refractivity contribution >= 4 is 23.8 Å². The van der Waals surface area contributed by atoms with Crippen LogP contribution in [0.5, 0.6) is 0 Å². The summed E-state index contributed by atoms with van der Waals surface area (Å²) >= 11 is 11.3. The normalized spacial score (nSPS) is 10.5. The van der Waals surface area contributed by atoms with Crippen LogP contribution in [0.2, 0.25) is 5.02 Å². The summed E-state index contributed by atoms with van der Waals surface area (Å²) in [6, 6.07) is 9.59. The first-order valence-corrected chi connectivity index (χ1v) is 5.57. The molecule has 2 aromatic rings. The minimum atomic E-state index is 0.693. The molecule has 2 nitrogen and oxygen atoms in total. The minimum absolute atomic E-state index is 0.693. The molecule has 0 unspecified atom stereocenters. The molecular weight excluding hydrogens is 228 g/mol. The monoisotopic (exact) mass is 238 g/mol. The van der Waals surface area contributed by atoms with E-state index < -0.39 is 0 Å². The first-order valence-electron chi connectivity index (χ1n) is 4.78. The van der Waals surface area contributed by atoms with Crippen LogP contribution < -0.4 is 0 Å². The SMILES string of the molecule is CCc1cc(=S)n(-c2ccccc2Cl)[nH]1. The quantitative estimate of drug-likeness (QED) is 0.791. The van der Waals surface area contributed by atoms with Gasteiger partial charge in [0.05, 0.1) is 10.7 Å². The van der Waals surface area contributed by atoms with Gasteiger partial charge in [-0.25, -0.2) is 4.68 Å². The van der Waals surface area contributed by atoms with Crippen LogP contribution >= 0.6 is 23.8 Å². The van der Waals surface area contributed by atoms with Crippen LogP contribution in [-0.4, -0.2) is 9.78 Å². The predicted molar refractivity (Wildman–Crippen MR) is 65.3 cm³/mol. The van der Waals surface area contributed by atoms with Gasteiger partial charge in [-0.2, -0.15) is 0 Å². The summed E-state index contributed by atoms with van der Waals surface area (Å²) < 4.78 is 2.58. The summed E-state index contributed by atoms with van der Waals surface area (Å²) in [4.78, 5) is 0. The lowest BCUT2D eigenvalue weighted by Gasteiger charge is -2.04. The van der Waals surface area contributed by atoms with E-state index in [2.05, 4.69) is 12.0 Å². The van der Waals surface area contributed by atoms with Crippen molar-refractivity contribution in [2.75, 3.05) is 0 Å². The highest BCUT2D eigenvalue weighted by atomic mass is 35.5. The molecule has 1 aromatic carbocycles. The smallest absolute Gasteiger partial charge is 0.128 e. The third kappa shape index (κ3) is 1.98. The second-order valence-corrected chi connectivity index (χ2v) is 4.09. The van der Waals surface area contributed by atoms with Gasteiger partial charge in [0.25, 0.3) is 0 Å². The van der Waals surface area contributed by atoms with E-state index in [-0.39, 0.29) is 0 Å². The number of nitrogens with zero attached hydrogens (tertiary/aromatic N) is 1. The highest BCUT2D eigenvalue weighted by Gasteiger charge is 2.04. The minimum Gasteiger partial charge on any atom is -0.297 e. The van der Waals surface area contributed by atoms with Crippen molar-refractivity contribution in [3.05, 3.63) is 45.7 Å². The first kappa shape index (κ1) is 10.5. The molecule has 78 valence electrons. The zero-order chi connectivity index (χ0) is 10.8. The fourth-order valence-electron chi connectivity index (χ4n) is 1.44. The van der Waals surface area contributed by atoms with Gasteiger partial charge in [0.2, 0.25) is 0 Å². The number of rotatable bonds is 2. The predicted octanol–water partition coefficient (Wildman–Crippen LogP) is 3.75. The zero-order valence-electron chi connectivity index (χ0n) is 8.33. The van der Waals surface area contributed by atoms with Gasteiger partial charge in [-0.15, -0.1) is 0 Å². The highest BCUT2D eigenvalue weighted by molar-refractivity contribution is 7.71. The lowest BCUT2D eigenvalue weighted by atomic mass is 10.3. The largest absolute Gasteiger partial charge is 0.297 e. The Labute approximate surface area is 98.5 Å². The molecule has 1 aromatic heterocycles. The molecule has 2 rings (SSSR count). The standard InChI is InChI=1S/C11H11ClN2S/c1-2-8-7-11(15)14(13-8)10-6-4-3-5-9(10)12/h3-7,13H,2H2,1H3. The molecule has 0 aliphatic carbocycles. The van der Waals surface area contributed by atoms with E-state index in [9.17, 15) is 0 Å². The molecule has 1 heterocycles. The van der Waals surface area contributed by atoms with Gasteiger partial charge in [-0.3, -0.25) is 5.10 Å². The first-order chi connectivity index (χ1) is 7.22. The number of benzene rings is 1. The molecule has 4 heteroatoms. The van der Waals surface area contributed by atoms with Crippen LogP contribution in [0.4, 0.5) is 0 Å². The summed E-state index contributed by atoms with van der Waals surface area (Å²) in [5.74, 6) is 0. The molecular formula is C11H11ClN2S. The second kappa shape index (κ2) is 4.21. The van der Waals surface area contributed by atoms with Crippen molar-refractivity contribution < 1.29 is 0 Å². The number of aromatic nitrogens is 2. The van der Waals surface area contributed by atoms with Crippen LogP contribution in [0, 0.1) is 4.64 Å². The topological polar surface area (TPSA) is 20.7 Å². The maximum absolute atomic E-state index is 6.10. The van der Waals surface area contributed by atoms with E-state index in [0.717, 1.165) is 22.4 Å². The number of hydrogen-bond donors (Lipinski definition) is 1. The van der Waals surface area contributed by atoms with Crippen LogP contribution in [-0.2, 0) is 6.42 Å². The number of aromatic amines is 1. The van der Waals surface area contributed by atoms with Gasteiger partial charge in [0.15, 0.2) is 0 Å². The molecule has 1 N–H and O–H groups in total. The van der Waals surface area contributed by atoms with Crippen LogP contribution in [0.1, 0.15) is 12.6 Å². The van der Waals surface area contributed by atoms with Crippen molar-refractivity contribution in [1.29, 1.82) is 0 Å². The summed E-state index contributed by atoms with van der Waals surface area (Å²) in [6.07, 6.45) is 0.932. The van der Waals surface area contributed by atoms with Crippen molar-refractivity contribution in [1.82, 2.24) is 9.78 Å². The van der Waals surface area contributed by atoms with Gasteiger partial charge in [0.1, 0.15) is 4.64 Å². The van der Waals surface area contributed by atoms with Gasteiger partial charge in [-0.1, -0.05) is 42.9 Å². The van der Waals surface area contributed by atoms with E-state index >= 15 is 0 Å². The van der Waals surface area contributed by atoms with Crippen molar-refractivity contribution in [3.63, 3.8) is 0 Å². The number of nitrogens with one attached hydrogen (secondary N) is 1. The fraction of sp³-hybridized carbons (Fsp3) is 0.182.